The van der Waals surface area contributed by atoms with E-state index >= 15 is 0 Å². The van der Waals surface area contributed by atoms with E-state index in [0.29, 0.717) is 30.3 Å². The molecule has 0 radical (unpaired) electrons. The number of ether oxygens (including phenoxy) is 3. The molecule has 1 rings (SSSR count). The minimum absolute atomic E-state index is 0.479. The second-order valence-corrected chi connectivity index (χ2v) is 5.05. The Morgan fingerprint density at radius 2 is 1.77 bits per heavy atom. The van der Waals surface area contributed by atoms with Crippen LogP contribution in [-0.2, 0) is 14.3 Å². The fourth-order valence-electron chi connectivity index (χ4n) is 1.88. The molecule has 0 aromatic heterocycles. The first kappa shape index (κ1) is 21.0. The van der Waals surface area contributed by atoms with Crippen molar-refractivity contribution >= 4 is 24.0 Å². The summed E-state index contributed by atoms with van der Waals surface area (Å²) in [5.41, 5.74) is 0.705. The molecular formula is C18H24N2O6. The number of esters is 1. The van der Waals surface area contributed by atoms with E-state index in [1.807, 2.05) is 19.2 Å². The van der Waals surface area contributed by atoms with E-state index in [-0.39, 0.29) is 0 Å². The number of benzene rings is 1. The van der Waals surface area contributed by atoms with Gasteiger partial charge in [-0.15, -0.1) is 0 Å². The largest absolute Gasteiger partial charge is 0.490 e. The van der Waals surface area contributed by atoms with Crippen molar-refractivity contribution in [2.24, 2.45) is 0 Å². The minimum Gasteiger partial charge on any atom is -0.490 e. The summed E-state index contributed by atoms with van der Waals surface area (Å²) < 4.78 is 15.9. The second kappa shape index (κ2) is 10.8. The number of rotatable bonds is 8. The van der Waals surface area contributed by atoms with E-state index in [9.17, 15) is 14.4 Å². The third-order valence-electron chi connectivity index (χ3n) is 3.11. The number of carbonyl (C=O) groups excluding carboxylic acids is 3. The van der Waals surface area contributed by atoms with Crippen LogP contribution in [0.25, 0.3) is 6.08 Å². The minimum atomic E-state index is -1.11. The SMILES string of the molecule is CCOc1ccc(/C=C/C(=O)O[C@H](C)C(=O)NC(=O)NC)cc1OCC. The summed E-state index contributed by atoms with van der Waals surface area (Å²) in [5, 5.41) is 4.26. The molecule has 8 heteroatoms. The van der Waals surface area contributed by atoms with Crippen LogP contribution in [0.15, 0.2) is 24.3 Å². The van der Waals surface area contributed by atoms with Gasteiger partial charge in [0.05, 0.1) is 13.2 Å². The van der Waals surface area contributed by atoms with Gasteiger partial charge in [-0.25, -0.2) is 9.59 Å². The van der Waals surface area contributed by atoms with Crippen molar-refractivity contribution in [1.29, 1.82) is 0 Å². The van der Waals surface area contributed by atoms with Crippen molar-refractivity contribution in [2.75, 3.05) is 20.3 Å². The first-order chi connectivity index (χ1) is 12.4. The fourth-order valence-corrected chi connectivity index (χ4v) is 1.88. The van der Waals surface area contributed by atoms with Gasteiger partial charge in [0.1, 0.15) is 0 Å². The van der Waals surface area contributed by atoms with Crippen molar-refractivity contribution in [2.45, 2.75) is 26.9 Å². The van der Waals surface area contributed by atoms with Crippen molar-refractivity contribution in [1.82, 2.24) is 10.6 Å². The molecule has 0 bridgehead atoms. The summed E-state index contributed by atoms with van der Waals surface area (Å²) in [4.78, 5) is 34.5. The van der Waals surface area contributed by atoms with Gasteiger partial charge in [0.2, 0.25) is 0 Å². The zero-order valence-electron chi connectivity index (χ0n) is 15.3. The van der Waals surface area contributed by atoms with E-state index in [4.69, 9.17) is 14.2 Å². The summed E-state index contributed by atoms with van der Waals surface area (Å²) >= 11 is 0. The lowest BCUT2D eigenvalue weighted by Gasteiger charge is -2.12. The monoisotopic (exact) mass is 364 g/mol. The molecule has 1 atom stereocenters. The third-order valence-corrected chi connectivity index (χ3v) is 3.11. The van der Waals surface area contributed by atoms with Crippen LogP contribution in [0, 0.1) is 0 Å². The fraction of sp³-hybridized carbons (Fsp3) is 0.389. The molecule has 1 aromatic carbocycles. The van der Waals surface area contributed by atoms with Gasteiger partial charge in [0, 0.05) is 13.1 Å². The van der Waals surface area contributed by atoms with E-state index in [2.05, 4.69) is 5.32 Å². The Hall–Kier alpha value is -3.03. The quantitative estimate of drug-likeness (QED) is 0.539. The van der Waals surface area contributed by atoms with Crippen molar-refractivity contribution in [3.63, 3.8) is 0 Å². The van der Waals surface area contributed by atoms with Crippen LogP contribution in [-0.4, -0.2) is 44.3 Å². The number of nitrogens with one attached hydrogen (secondary N) is 2. The van der Waals surface area contributed by atoms with Crippen LogP contribution in [0.1, 0.15) is 26.3 Å². The first-order valence-electron chi connectivity index (χ1n) is 8.22. The number of carbonyl (C=O) groups is 3. The number of amides is 3. The maximum absolute atomic E-state index is 11.8. The Morgan fingerprint density at radius 1 is 1.12 bits per heavy atom. The lowest BCUT2D eigenvalue weighted by molar-refractivity contribution is -0.149. The topological polar surface area (TPSA) is 103 Å². The highest BCUT2D eigenvalue weighted by Crippen LogP contribution is 2.29. The average Bonchev–Trinajstić information content (AvgIpc) is 2.62. The molecule has 3 amide bonds. The molecule has 0 aliphatic rings. The third kappa shape index (κ3) is 6.84. The molecule has 0 aliphatic carbocycles. The predicted molar refractivity (Wildman–Crippen MR) is 96.0 cm³/mol. The highest BCUT2D eigenvalue weighted by atomic mass is 16.5. The lowest BCUT2D eigenvalue weighted by atomic mass is 10.2. The van der Waals surface area contributed by atoms with Gasteiger partial charge in [0.25, 0.3) is 5.91 Å². The Labute approximate surface area is 152 Å². The highest BCUT2D eigenvalue weighted by Gasteiger charge is 2.18. The Morgan fingerprint density at radius 3 is 2.38 bits per heavy atom. The zero-order valence-corrected chi connectivity index (χ0v) is 15.3. The van der Waals surface area contributed by atoms with Gasteiger partial charge in [-0.2, -0.15) is 0 Å². The molecule has 0 unspecified atom stereocenters. The molecule has 0 spiro atoms. The van der Waals surface area contributed by atoms with Gasteiger partial charge < -0.3 is 19.5 Å². The summed E-state index contributed by atoms with van der Waals surface area (Å²) in [6.07, 6.45) is 1.61. The molecule has 0 saturated carbocycles. The number of hydrogen-bond donors (Lipinski definition) is 2. The Bertz CT molecular complexity index is 672. The van der Waals surface area contributed by atoms with Gasteiger partial charge in [-0.1, -0.05) is 6.07 Å². The van der Waals surface area contributed by atoms with Crippen LogP contribution in [0.5, 0.6) is 11.5 Å². The van der Waals surface area contributed by atoms with Crippen molar-refractivity contribution in [3.05, 3.63) is 29.8 Å². The smallest absolute Gasteiger partial charge is 0.331 e. The average molecular weight is 364 g/mol. The molecule has 1 aromatic rings. The molecule has 2 N–H and O–H groups in total. The van der Waals surface area contributed by atoms with E-state index < -0.39 is 24.0 Å². The first-order valence-corrected chi connectivity index (χ1v) is 8.22. The van der Waals surface area contributed by atoms with Gasteiger partial charge >= 0.3 is 12.0 Å². The van der Waals surface area contributed by atoms with Crippen LogP contribution < -0.4 is 20.1 Å². The molecule has 0 saturated heterocycles. The summed E-state index contributed by atoms with van der Waals surface area (Å²) in [6, 6.07) is 4.57. The van der Waals surface area contributed by atoms with Crippen molar-refractivity contribution in [3.8, 4) is 11.5 Å². The van der Waals surface area contributed by atoms with Crippen LogP contribution >= 0.6 is 0 Å². The summed E-state index contributed by atoms with van der Waals surface area (Å²) in [5.74, 6) is -0.237. The molecule has 0 aliphatic heterocycles. The lowest BCUT2D eigenvalue weighted by Crippen LogP contribution is -2.43. The van der Waals surface area contributed by atoms with E-state index in [1.54, 1.807) is 18.2 Å². The van der Waals surface area contributed by atoms with Gasteiger partial charge in [-0.05, 0) is 44.5 Å². The molecule has 0 heterocycles. The van der Waals surface area contributed by atoms with Gasteiger partial charge in [0.15, 0.2) is 17.6 Å². The molecular weight excluding hydrogens is 340 g/mol. The maximum atomic E-state index is 11.8. The Balaban J connectivity index is 2.71. The summed E-state index contributed by atoms with van der Waals surface area (Å²) in [7, 11) is 1.37. The molecule has 142 valence electrons. The van der Waals surface area contributed by atoms with E-state index in [0.717, 1.165) is 0 Å². The molecule has 26 heavy (non-hydrogen) atoms. The van der Waals surface area contributed by atoms with Crippen molar-refractivity contribution < 1.29 is 28.6 Å². The Kier molecular flexibility index (Phi) is 8.69. The number of imide groups is 1. The molecule has 0 fully saturated rings. The van der Waals surface area contributed by atoms with Crippen LogP contribution in [0.2, 0.25) is 0 Å². The maximum Gasteiger partial charge on any atom is 0.331 e. The standard InChI is InChI=1S/C18H24N2O6/c1-5-24-14-9-7-13(11-15(14)25-6-2)8-10-16(21)26-12(3)17(22)20-18(23)19-4/h7-12H,5-6H2,1-4H3,(H2,19,20,22,23)/b10-8+/t12-/m1/s1. The van der Waals surface area contributed by atoms with E-state index in [1.165, 1.54) is 26.1 Å². The highest BCUT2D eigenvalue weighted by molar-refractivity contribution is 5.97. The zero-order chi connectivity index (χ0) is 19.5. The van der Waals surface area contributed by atoms with Gasteiger partial charge in [-0.3, -0.25) is 10.1 Å². The summed E-state index contributed by atoms with van der Waals surface area (Å²) in [6.45, 7) is 6.10. The second-order valence-electron chi connectivity index (χ2n) is 5.05. The number of hydrogen-bond acceptors (Lipinski definition) is 6. The normalized spacial score (nSPS) is 11.5. The van der Waals surface area contributed by atoms with Crippen LogP contribution in [0.4, 0.5) is 4.79 Å². The predicted octanol–water partition coefficient (Wildman–Crippen LogP) is 1.88. The molecule has 8 nitrogen and oxygen atoms in total. The van der Waals surface area contributed by atoms with Crippen LogP contribution in [0.3, 0.4) is 0 Å². The number of urea groups is 1.